The van der Waals surface area contributed by atoms with Crippen molar-refractivity contribution in [2.75, 3.05) is 5.43 Å². The molecule has 0 aliphatic heterocycles. The van der Waals surface area contributed by atoms with E-state index < -0.39 is 0 Å². The Morgan fingerprint density at radius 1 is 1.36 bits per heavy atom. The van der Waals surface area contributed by atoms with E-state index >= 15 is 0 Å². The second kappa shape index (κ2) is 5.68. The summed E-state index contributed by atoms with van der Waals surface area (Å²) in [6, 6.07) is 7.39. The molecule has 3 aromatic rings. The molecule has 0 fully saturated rings. The van der Waals surface area contributed by atoms with E-state index in [4.69, 9.17) is 16.5 Å². The molecule has 0 unspecified atom stereocenters. The molecule has 0 spiro atoms. The van der Waals surface area contributed by atoms with Gasteiger partial charge < -0.3 is 5.43 Å². The van der Waals surface area contributed by atoms with E-state index in [1.54, 1.807) is 6.07 Å². The number of aromatic nitrogens is 2. The summed E-state index contributed by atoms with van der Waals surface area (Å²) in [4.78, 5) is 9.46. The van der Waals surface area contributed by atoms with Gasteiger partial charge in [0.15, 0.2) is 5.82 Å². The number of thiophene rings is 1. The van der Waals surface area contributed by atoms with E-state index in [9.17, 15) is 0 Å². The lowest BCUT2D eigenvalue weighted by Gasteiger charge is -2.05. The molecular weight excluding hydrogens is 300 g/mol. The largest absolute Gasteiger partial charge is 0.307 e. The van der Waals surface area contributed by atoms with Gasteiger partial charge in [-0.3, -0.25) is 16.1 Å². The number of hydrogen-bond acceptors (Lipinski definition) is 7. The van der Waals surface area contributed by atoms with Gasteiger partial charge in [0.05, 0.1) is 10.2 Å². The highest BCUT2D eigenvalue weighted by Crippen LogP contribution is 2.39. The van der Waals surface area contributed by atoms with Crippen molar-refractivity contribution >= 4 is 33.2 Å². The van der Waals surface area contributed by atoms with Crippen LogP contribution in [0.5, 0.6) is 0 Å². The highest BCUT2D eigenvalue weighted by molar-refractivity contribution is 7.23. The van der Waals surface area contributed by atoms with Gasteiger partial charge in [0, 0.05) is 10.4 Å². The minimum absolute atomic E-state index is 0.0512. The van der Waals surface area contributed by atoms with Crippen molar-refractivity contribution in [1.82, 2.24) is 15.4 Å². The fourth-order valence-electron chi connectivity index (χ4n) is 2.28. The normalized spacial score (nSPS) is 10.7. The quantitative estimate of drug-likeness (QED) is 0.219. The Balaban J connectivity index is 2.18. The van der Waals surface area contributed by atoms with Crippen molar-refractivity contribution < 1.29 is 5.21 Å². The summed E-state index contributed by atoms with van der Waals surface area (Å²) >= 11 is 1.54. The number of benzene rings is 1. The number of hydrazine groups is 1. The molecule has 2 aromatic heterocycles. The van der Waals surface area contributed by atoms with E-state index in [2.05, 4.69) is 15.4 Å². The third-order valence-corrected chi connectivity index (χ3v) is 4.70. The van der Waals surface area contributed by atoms with Crippen LogP contribution in [-0.2, 0) is 0 Å². The van der Waals surface area contributed by atoms with Crippen LogP contribution in [0.2, 0.25) is 0 Å². The Hall–Kier alpha value is -2.55. The number of fused-ring (bicyclic) bond motifs is 1. The summed E-state index contributed by atoms with van der Waals surface area (Å²) in [7, 11) is 0. The second-order valence-electron chi connectivity index (χ2n) is 4.67. The Morgan fingerprint density at radius 2 is 2.18 bits per heavy atom. The molecule has 8 heteroatoms. The van der Waals surface area contributed by atoms with Gasteiger partial charge in [-0.2, -0.15) is 0 Å². The summed E-state index contributed by atoms with van der Waals surface area (Å²) in [5, 5.41) is 16.5. The molecule has 7 nitrogen and oxygen atoms in total. The SMILES string of the molecule is Cc1c(-c2cccc(C(=N)NO)c2)sc2c(NN)ncnc12. The molecule has 0 amide bonds. The maximum absolute atomic E-state index is 8.87. The highest BCUT2D eigenvalue weighted by atomic mass is 32.1. The molecule has 2 heterocycles. The summed E-state index contributed by atoms with van der Waals surface area (Å²) in [5.41, 5.74) is 7.86. The first kappa shape index (κ1) is 14.4. The summed E-state index contributed by atoms with van der Waals surface area (Å²) in [6.07, 6.45) is 1.48. The molecule has 0 radical (unpaired) electrons. The number of rotatable bonds is 3. The minimum atomic E-state index is -0.0512. The van der Waals surface area contributed by atoms with E-state index in [-0.39, 0.29) is 5.84 Å². The number of amidine groups is 1. The van der Waals surface area contributed by atoms with Crippen LogP contribution in [0.4, 0.5) is 5.82 Å². The van der Waals surface area contributed by atoms with E-state index in [0.717, 1.165) is 26.2 Å². The lowest BCUT2D eigenvalue weighted by molar-refractivity contribution is 0.234. The summed E-state index contributed by atoms with van der Waals surface area (Å²) in [5.74, 6) is 6.04. The number of nitrogens with one attached hydrogen (secondary N) is 3. The Bertz CT molecular complexity index is 860. The van der Waals surface area contributed by atoms with Gasteiger partial charge in [-0.25, -0.2) is 15.8 Å². The molecule has 112 valence electrons. The van der Waals surface area contributed by atoms with Crippen molar-refractivity contribution in [3.05, 3.63) is 41.7 Å². The van der Waals surface area contributed by atoms with Crippen molar-refractivity contribution in [2.45, 2.75) is 6.92 Å². The topological polar surface area (TPSA) is 120 Å². The number of anilines is 1. The Kier molecular flexibility index (Phi) is 3.72. The fraction of sp³-hybridized carbons (Fsp3) is 0.0714. The Labute approximate surface area is 130 Å². The van der Waals surface area contributed by atoms with Crippen molar-refractivity contribution in [3.8, 4) is 10.4 Å². The first-order chi connectivity index (χ1) is 10.7. The zero-order valence-corrected chi connectivity index (χ0v) is 12.5. The van der Waals surface area contributed by atoms with E-state index in [1.165, 1.54) is 17.7 Å². The standard InChI is InChI=1S/C14H14N6OS/c1-7-10-12(14(19-16)18-6-17-10)22-11(7)8-3-2-4-9(5-8)13(15)20-21/h2-6,21H,16H2,1H3,(H2,15,20)(H,17,18,19). The van der Waals surface area contributed by atoms with E-state index in [0.29, 0.717) is 11.4 Å². The zero-order chi connectivity index (χ0) is 15.7. The summed E-state index contributed by atoms with van der Waals surface area (Å²) in [6.45, 7) is 1.99. The monoisotopic (exact) mass is 314 g/mol. The lowest BCUT2D eigenvalue weighted by Crippen LogP contribution is -2.18. The highest BCUT2D eigenvalue weighted by Gasteiger charge is 2.15. The molecule has 0 aliphatic rings. The van der Waals surface area contributed by atoms with Crippen LogP contribution in [-0.4, -0.2) is 21.0 Å². The molecule has 1 aromatic carbocycles. The van der Waals surface area contributed by atoms with E-state index in [1.807, 2.05) is 30.6 Å². The first-order valence-corrected chi connectivity index (χ1v) is 7.27. The van der Waals surface area contributed by atoms with Gasteiger partial charge >= 0.3 is 0 Å². The first-order valence-electron chi connectivity index (χ1n) is 6.46. The number of hydroxylamine groups is 1. The molecule has 0 aliphatic carbocycles. The Morgan fingerprint density at radius 3 is 2.91 bits per heavy atom. The third-order valence-electron chi connectivity index (χ3n) is 3.37. The molecule has 3 rings (SSSR count). The van der Waals surface area contributed by atoms with Crippen LogP contribution in [0, 0.1) is 12.3 Å². The lowest BCUT2D eigenvalue weighted by atomic mass is 10.1. The van der Waals surface area contributed by atoms with Crippen LogP contribution in [0.1, 0.15) is 11.1 Å². The van der Waals surface area contributed by atoms with Gasteiger partial charge in [-0.05, 0) is 24.1 Å². The second-order valence-corrected chi connectivity index (χ2v) is 5.69. The maximum atomic E-state index is 8.87. The minimum Gasteiger partial charge on any atom is -0.307 e. The molecule has 0 bridgehead atoms. The van der Waals surface area contributed by atoms with Crippen LogP contribution < -0.4 is 16.7 Å². The molecule has 0 saturated heterocycles. The van der Waals surface area contributed by atoms with Crippen molar-refractivity contribution in [3.63, 3.8) is 0 Å². The van der Waals surface area contributed by atoms with Crippen molar-refractivity contribution in [2.24, 2.45) is 5.84 Å². The smallest absolute Gasteiger partial charge is 0.161 e. The summed E-state index contributed by atoms with van der Waals surface area (Å²) < 4.78 is 0.887. The van der Waals surface area contributed by atoms with Gasteiger partial charge in [-0.1, -0.05) is 18.2 Å². The average Bonchev–Trinajstić information content (AvgIpc) is 2.91. The molecule has 6 N–H and O–H groups in total. The molecule has 0 atom stereocenters. The van der Waals surface area contributed by atoms with Crippen LogP contribution >= 0.6 is 11.3 Å². The van der Waals surface area contributed by atoms with Crippen molar-refractivity contribution in [1.29, 1.82) is 5.41 Å². The van der Waals surface area contributed by atoms with Crippen LogP contribution in [0.3, 0.4) is 0 Å². The van der Waals surface area contributed by atoms with Gasteiger partial charge in [0.1, 0.15) is 12.2 Å². The number of nitrogens with zero attached hydrogens (tertiary/aromatic N) is 2. The maximum Gasteiger partial charge on any atom is 0.161 e. The number of nitrogen functional groups attached to an aromatic ring is 1. The molecule has 22 heavy (non-hydrogen) atoms. The number of nitrogens with two attached hydrogens (primary N) is 1. The van der Waals surface area contributed by atoms with Crippen LogP contribution in [0.25, 0.3) is 20.7 Å². The predicted octanol–water partition coefficient (Wildman–Crippen LogP) is 2.26. The zero-order valence-electron chi connectivity index (χ0n) is 11.7. The van der Waals surface area contributed by atoms with Crippen LogP contribution in [0.15, 0.2) is 30.6 Å². The molecule has 0 saturated carbocycles. The van der Waals surface area contributed by atoms with Gasteiger partial charge in [0.2, 0.25) is 0 Å². The average molecular weight is 314 g/mol. The molecular formula is C14H14N6OS. The number of hydrogen-bond donors (Lipinski definition) is 5. The third kappa shape index (κ3) is 2.29. The fourth-order valence-corrected chi connectivity index (χ4v) is 3.49. The number of aryl methyl sites for hydroxylation is 1. The predicted molar refractivity (Wildman–Crippen MR) is 87.1 cm³/mol. The van der Waals surface area contributed by atoms with Gasteiger partial charge in [0.25, 0.3) is 0 Å². The van der Waals surface area contributed by atoms with Gasteiger partial charge in [-0.15, -0.1) is 11.3 Å².